The summed E-state index contributed by atoms with van der Waals surface area (Å²) in [6, 6.07) is 11.3. The Balaban J connectivity index is 1.53. The molecule has 0 bridgehead atoms. The highest BCUT2D eigenvalue weighted by atomic mass is 32.1. The monoisotopic (exact) mass is 479 g/mol. The Labute approximate surface area is 201 Å². The Morgan fingerprint density at radius 2 is 2.09 bits per heavy atom. The van der Waals surface area contributed by atoms with Crippen molar-refractivity contribution in [2.24, 2.45) is 0 Å². The van der Waals surface area contributed by atoms with Crippen LogP contribution in [0.15, 0.2) is 42.7 Å². The van der Waals surface area contributed by atoms with Crippen LogP contribution >= 0.6 is 11.5 Å². The molecule has 5 rings (SSSR count). The number of carbonyl (C=O) groups excluding carboxylic acids is 1. The molecule has 1 saturated heterocycles. The fraction of sp³-hybridized carbons (Fsp3) is 0.360. The highest BCUT2D eigenvalue weighted by molar-refractivity contribution is 7.05. The molecule has 1 aliphatic heterocycles. The number of amides is 1. The lowest BCUT2D eigenvalue weighted by Gasteiger charge is -2.27. The van der Waals surface area contributed by atoms with Gasteiger partial charge in [-0.1, -0.05) is 23.8 Å². The van der Waals surface area contributed by atoms with Crippen LogP contribution in [0, 0.1) is 19.7 Å². The Kier molecular flexibility index (Phi) is 5.91. The van der Waals surface area contributed by atoms with Crippen LogP contribution in [-0.4, -0.2) is 56.8 Å². The zero-order valence-corrected chi connectivity index (χ0v) is 20.2. The molecule has 2 aromatic carbocycles. The first kappa shape index (κ1) is 22.6. The van der Waals surface area contributed by atoms with Crippen LogP contribution in [0.5, 0.6) is 0 Å². The summed E-state index contributed by atoms with van der Waals surface area (Å²) in [5.74, 6) is -0.393. The summed E-state index contributed by atoms with van der Waals surface area (Å²) in [4.78, 5) is 20.1. The quantitative estimate of drug-likeness (QED) is 0.416. The van der Waals surface area contributed by atoms with Crippen LogP contribution in [0.2, 0.25) is 0 Å². The van der Waals surface area contributed by atoms with Crippen LogP contribution in [0.25, 0.3) is 10.9 Å². The molecule has 4 aromatic rings. The third kappa shape index (κ3) is 3.78. The highest BCUT2D eigenvalue weighted by Gasteiger charge is 2.46. The zero-order chi connectivity index (χ0) is 23.9. The first-order valence-corrected chi connectivity index (χ1v) is 12.0. The van der Waals surface area contributed by atoms with Crippen molar-refractivity contribution in [3.05, 3.63) is 75.9 Å². The minimum Gasteiger partial charge on any atom is -0.383 e. The summed E-state index contributed by atoms with van der Waals surface area (Å²) in [6.07, 6.45) is 2.16. The lowest BCUT2D eigenvalue weighted by atomic mass is 9.80. The van der Waals surface area contributed by atoms with Gasteiger partial charge in [0, 0.05) is 25.6 Å². The normalized spacial score (nSPS) is 18.2. The number of halogens is 1. The molecule has 7 nitrogen and oxygen atoms in total. The van der Waals surface area contributed by atoms with Crippen molar-refractivity contribution in [3.63, 3.8) is 0 Å². The van der Waals surface area contributed by atoms with Crippen LogP contribution in [0.1, 0.15) is 38.6 Å². The van der Waals surface area contributed by atoms with Crippen molar-refractivity contribution in [2.75, 3.05) is 26.8 Å². The van der Waals surface area contributed by atoms with Gasteiger partial charge in [-0.05, 0) is 61.1 Å². The summed E-state index contributed by atoms with van der Waals surface area (Å²) in [5.41, 5.74) is 3.20. The predicted molar refractivity (Wildman–Crippen MR) is 129 cm³/mol. The van der Waals surface area contributed by atoms with E-state index in [1.165, 1.54) is 17.9 Å². The van der Waals surface area contributed by atoms with Gasteiger partial charge in [-0.2, -0.15) is 9.47 Å². The van der Waals surface area contributed by atoms with E-state index in [0.717, 1.165) is 27.0 Å². The Bertz CT molecular complexity index is 1350. The Hall–Kier alpha value is -3.17. The lowest BCUT2D eigenvalue weighted by Crippen LogP contribution is -2.35. The van der Waals surface area contributed by atoms with E-state index < -0.39 is 5.41 Å². The summed E-state index contributed by atoms with van der Waals surface area (Å²) < 4.78 is 25.8. The molecular weight excluding hydrogens is 453 g/mol. The second-order valence-corrected chi connectivity index (χ2v) is 9.63. The minimum absolute atomic E-state index is 0.134. The molecule has 1 amide bonds. The zero-order valence-electron chi connectivity index (χ0n) is 19.4. The fourth-order valence-corrected chi connectivity index (χ4v) is 5.49. The SMILES string of the molecule is COCCn1nc(C(=O)N2CCC(c3ccc(C)c(F)c3)(c3ncns3)C2)c2cc(C)ccc21. The van der Waals surface area contributed by atoms with Crippen molar-refractivity contribution >= 4 is 28.3 Å². The molecule has 9 heteroatoms. The number of ether oxygens (including phenoxy) is 1. The number of aromatic nitrogens is 4. The van der Waals surface area contributed by atoms with E-state index in [-0.39, 0.29) is 11.7 Å². The van der Waals surface area contributed by atoms with E-state index >= 15 is 0 Å². The molecule has 0 N–H and O–H groups in total. The highest BCUT2D eigenvalue weighted by Crippen LogP contribution is 2.42. The summed E-state index contributed by atoms with van der Waals surface area (Å²) in [7, 11) is 1.65. The number of likely N-dealkylation sites (tertiary alicyclic amines) is 1. The van der Waals surface area contributed by atoms with Crippen molar-refractivity contribution < 1.29 is 13.9 Å². The van der Waals surface area contributed by atoms with Gasteiger partial charge in [-0.25, -0.2) is 9.37 Å². The predicted octanol–water partition coefficient (Wildman–Crippen LogP) is 4.12. The summed E-state index contributed by atoms with van der Waals surface area (Å²) in [5, 5.41) is 6.30. The molecule has 34 heavy (non-hydrogen) atoms. The Morgan fingerprint density at radius 3 is 2.82 bits per heavy atom. The molecule has 1 fully saturated rings. The second kappa shape index (κ2) is 8.88. The molecular formula is C25H26FN5O2S. The number of nitrogens with zero attached hydrogens (tertiary/aromatic N) is 5. The van der Waals surface area contributed by atoms with Gasteiger partial charge in [-0.3, -0.25) is 9.48 Å². The van der Waals surface area contributed by atoms with Gasteiger partial charge in [-0.15, -0.1) is 0 Å². The fourth-order valence-electron chi connectivity index (χ4n) is 4.74. The van der Waals surface area contributed by atoms with E-state index in [2.05, 4.69) is 14.5 Å². The maximum atomic E-state index is 14.5. The molecule has 1 aliphatic rings. The Morgan fingerprint density at radius 1 is 1.24 bits per heavy atom. The standard InChI is InChI=1S/C25H26FN5O2S/c1-16-4-7-21-19(12-16)22(29-31(21)10-11-33-3)23(32)30-9-8-25(14-30,24-27-15-28-34-24)18-6-5-17(2)20(26)13-18/h4-7,12-13,15H,8-11,14H2,1-3H3. The molecule has 2 aromatic heterocycles. The van der Waals surface area contributed by atoms with E-state index in [1.807, 2.05) is 40.8 Å². The number of methoxy groups -OCH3 is 1. The maximum absolute atomic E-state index is 14.5. The number of hydrogen-bond donors (Lipinski definition) is 0. The number of fused-ring (bicyclic) bond motifs is 1. The molecule has 176 valence electrons. The van der Waals surface area contributed by atoms with E-state index in [4.69, 9.17) is 4.74 Å². The van der Waals surface area contributed by atoms with Gasteiger partial charge in [0.15, 0.2) is 5.69 Å². The van der Waals surface area contributed by atoms with Crippen molar-refractivity contribution in [1.82, 2.24) is 24.0 Å². The topological polar surface area (TPSA) is 73.1 Å². The smallest absolute Gasteiger partial charge is 0.275 e. The van der Waals surface area contributed by atoms with Crippen molar-refractivity contribution in [1.29, 1.82) is 0 Å². The van der Waals surface area contributed by atoms with Gasteiger partial charge in [0.05, 0.1) is 24.1 Å². The van der Waals surface area contributed by atoms with Crippen LogP contribution in [0.4, 0.5) is 4.39 Å². The van der Waals surface area contributed by atoms with E-state index in [0.29, 0.717) is 43.9 Å². The van der Waals surface area contributed by atoms with Gasteiger partial charge in [0.1, 0.15) is 17.2 Å². The van der Waals surface area contributed by atoms with E-state index in [1.54, 1.807) is 26.2 Å². The molecule has 0 radical (unpaired) electrons. The third-order valence-electron chi connectivity index (χ3n) is 6.67. The van der Waals surface area contributed by atoms with Gasteiger partial charge in [0.2, 0.25) is 0 Å². The summed E-state index contributed by atoms with van der Waals surface area (Å²) >= 11 is 1.30. The first-order valence-electron chi connectivity index (χ1n) is 11.2. The van der Waals surface area contributed by atoms with Crippen LogP contribution in [0.3, 0.4) is 0 Å². The summed E-state index contributed by atoms with van der Waals surface area (Å²) in [6.45, 7) is 5.71. The molecule has 1 unspecified atom stereocenters. The van der Waals surface area contributed by atoms with Gasteiger partial charge < -0.3 is 9.64 Å². The number of hydrogen-bond acceptors (Lipinski definition) is 6. The molecule has 0 spiro atoms. The minimum atomic E-state index is -0.601. The third-order valence-corrected chi connectivity index (χ3v) is 7.54. The van der Waals surface area contributed by atoms with Gasteiger partial charge in [0.25, 0.3) is 5.91 Å². The number of benzene rings is 2. The average molecular weight is 480 g/mol. The van der Waals surface area contributed by atoms with Crippen LogP contribution < -0.4 is 0 Å². The second-order valence-electron chi connectivity index (χ2n) is 8.85. The molecule has 3 heterocycles. The van der Waals surface area contributed by atoms with Gasteiger partial charge >= 0.3 is 0 Å². The van der Waals surface area contributed by atoms with Crippen LogP contribution in [-0.2, 0) is 16.7 Å². The largest absolute Gasteiger partial charge is 0.383 e. The lowest BCUT2D eigenvalue weighted by molar-refractivity contribution is 0.0781. The number of carbonyl (C=O) groups is 1. The number of rotatable bonds is 6. The molecule has 0 saturated carbocycles. The molecule has 0 aliphatic carbocycles. The molecule has 1 atom stereocenters. The van der Waals surface area contributed by atoms with E-state index in [9.17, 15) is 9.18 Å². The number of aryl methyl sites for hydroxylation is 2. The maximum Gasteiger partial charge on any atom is 0.275 e. The first-order chi connectivity index (χ1) is 16.4. The van der Waals surface area contributed by atoms with Crippen molar-refractivity contribution in [2.45, 2.75) is 32.2 Å². The average Bonchev–Trinajstić information content (AvgIpc) is 3.58. The van der Waals surface area contributed by atoms with Crippen molar-refractivity contribution in [3.8, 4) is 0 Å².